The van der Waals surface area contributed by atoms with Crippen LogP contribution in [0.15, 0.2) is 12.7 Å². The van der Waals surface area contributed by atoms with E-state index in [0.29, 0.717) is 5.65 Å². The van der Waals surface area contributed by atoms with Crippen LogP contribution in [0.5, 0.6) is 0 Å². The molecule has 0 aliphatic carbocycles. The van der Waals surface area contributed by atoms with Crippen molar-refractivity contribution >= 4 is 17.0 Å². The molecule has 2 N–H and O–H groups in total. The van der Waals surface area contributed by atoms with E-state index in [1.165, 1.54) is 12.7 Å². The van der Waals surface area contributed by atoms with Crippen molar-refractivity contribution in [3.05, 3.63) is 12.7 Å². The molecular weight excluding hydrogens is 202 g/mol. The Labute approximate surface area is 94.7 Å². The molecule has 0 aliphatic heterocycles. The number of hydrogen-bond donors (Lipinski definition) is 2. The van der Waals surface area contributed by atoms with Gasteiger partial charge in [0.2, 0.25) is 0 Å². The lowest BCUT2D eigenvalue weighted by Gasteiger charge is -2.07. The second kappa shape index (κ2) is 4.92. The van der Waals surface area contributed by atoms with Crippen molar-refractivity contribution in [3.63, 3.8) is 0 Å². The van der Waals surface area contributed by atoms with E-state index < -0.39 is 0 Å². The Bertz CT molecular complexity index is 448. The van der Waals surface area contributed by atoms with Crippen molar-refractivity contribution in [2.45, 2.75) is 26.7 Å². The predicted molar refractivity (Wildman–Crippen MR) is 64.2 cm³/mol. The van der Waals surface area contributed by atoms with Crippen molar-refractivity contribution in [3.8, 4) is 0 Å². The summed E-state index contributed by atoms with van der Waals surface area (Å²) in [5, 5.41) is 3.31. The second-order valence-corrected chi connectivity index (χ2v) is 4.29. The number of rotatable bonds is 5. The number of aromatic amines is 1. The van der Waals surface area contributed by atoms with E-state index in [9.17, 15) is 0 Å². The Morgan fingerprint density at radius 1 is 1.31 bits per heavy atom. The summed E-state index contributed by atoms with van der Waals surface area (Å²) in [7, 11) is 0. The van der Waals surface area contributed by atoms with Gasteiger partial charge < -0.3 is 10.3 Å². The van der Waals surface area contributed by atoms with E-state index in [1.54, 1.807) is 6.33 Å². The lowest BCUT2D eigenvalue weighted by atomic mass is 10.1. The van der Waals surface area contributed by atoms with Crippen LogP contribution in [0.1, 0.15) is 26.7 Å². The second-order valence-electron chi connectivity index (χ2n) is 4.29. The number of nitrogens with one attached hydrogen (secondary N) is 2. The van der Waals surface area contributed by atoms with E-state index >= 15 is 0 Å². The highest BCUT2D eigenvalue weighted by molar-refractivity contribution is 5.81. The number of nitrogens with zero attached hydrogens (tertiary/aromatic N) is 3. The summed E-state index contributed by atoms with van der Waals surface area (Å²) in [6.07, 6.45) is 5.55. The smallest absolute Gasteiger partial charge is 0.182 e. The quantitative estimate of drug-likeness (QED) is 0.756. The minimum absolute atomic E-state index is 0.710. The van der Waals surface area contributed by atoms with Crippen molar-refractivity contribution in [1.29, 1.82) is 0 Å². The number of hydrogen-bond acceptors (Lipinski definition) is 4. The summed E-state index contributed by atoms with van der Waals surface area (Å²) in [4.78, 5) is 15.4. The summed E-state index contributed by atoms with van der Waals surface area (Å²) in [5.41, 5.74) is 1.59. The molecule has 0 spiro atoms. The summed E-state index contributed by atoms with van der Waals surface area (Å²) < 4.78 is 0. The highest BCUT2D eigenvalue weighted by Crippen LogP contribution is 2.14. The van der Waals surface area contributed by atoms with Crippen LogP contribution in [0.2, 0.25) is 0 Å². The minimum atomic E-state index is 0.710. The molecule has 2 aromatic heterocycles. The van der Waals surface area contributed by atoms with Crippen molar-refractivity contribution in [2.24, 2.45) is 5.92 Å². The summed E-state index contributed by atoms with van der Waals surface area (Å²) in [5.74, 6) is 1.59. The summed E-state index contributed by atoms with van der Waals surface area (Å²) in [6, 6.07) is 0. The molecule has 16 heavy (non-hydrogen) atoms. The molecule has 0 amide bonds. The van der Waals surface area contributed by atoms with E-state index in [-0.39, 0.29) is 0 Å². The average Bonchev–Trinajstić information content (AvgIpc) is 2.72. The molecule has 0 unspecified atom stereocenters. The molecule has 2 rings (SSSR count). The van der Waals surface area contributed by atoms with Crippen LogP contribution in [0.3, 0.4) is 0 Å². The first-order valence-electron chi connectivity index (χ1n) is 5.65. The number of H-pyrrole nitrogens is 1. The van der Waals surface area contributed by atoms with Gasteiger partial charge in [0, 0.05) is 6.54 Å². The number of fused-ring (bicyclic) bond motifs is 1. The molecule has 2 aromatic rings. The maximum atomic E-state index is 4.20. The van der Waals surface area contributed by atoms with Gasteiger partial charge in [-0.2, -0.15) is 0 Å². The molecule has 0 atom stereocenters. The summed E-state index contributed by atoms with van der Waals surface area (Å²) >= 11 is 0. The lowest BCUT2D eigenvalue weighted by Crippen LogP contribution is -2.05. The highest BCUT2D eigenvalue weighted by atomic mass is 15.1. The Morgan fingerprint density at radius 2 is 2.19 bits per heavy atom. The molecule has 0 saturated heterocycles. The zero-order valence-corrected chi connectivity index (χ0v) is 9.70. The first-order chi connectivity index (χ1) is 7.77. The topological polar surface area (TPSA) is 66.5 Å². The molecule has 0 fully saturated rings. The van der Waals surface area contributed by atoms with Gasteiger partial charge in [-0.1, -0.05) is 13.8 Å². The molecule has 0 saturated carbocycles. The molecule has 0 aromatic carbocycles. The molecular formula is C11H17N5. The van der Waals surface area contributed by atoms with E-state index in [2.05, 4.69) is 39.1 Å². The van der Waals surface area contributed by atoms with Gasteiger partial charge in [-0.05, 0) is 18.8 Å². The van der Waals surface area contributed by atoms with Gasteiger partial charge in [0.05, 0.1) is 6.33 Å². The largest absolute Gasteiger partial charge is 0.368 e. The Balaban J connectivity index is 1.96. The zero-order chi connectivity index (χ0) is 11.4. The molecule has 0 bridgehead atoms. The molecule has 5 heteroatoms. The van der Waals surface area contributed by atoms with Crippen LogP contribution in [0.25, 0.3) is 11.2 Å². The third-order valence-corrected chi connectivity index (χ3v) is 2.47. The third-order valence-electron chi connectivity index (χ3n) is 2.47. The van der Waals surface area contributed by atoms with Crippen molar-refractivity contribution in [2.75, 3.05) is 11.9 Å². The van der Waals surface area contributed by atoms with Gasteiger partial charge >= 0.3 is 0 Å². The fraction of sp³-hybridized carbons (Fsp3) is 0.545. The van der Waals surface area contributed by atoms with Crippen molar-refractivity contribution in [1.82, 2.24) is 19.9 Å². The first-order valence-corrected chi connectivity index (χ1v) is 5.65. The van der Waals surface area contributed by atoms with Crippen molar-refractivity contribution < 1.29 is 0 Å². The Hall–Kier alpha value is -1.65. The molecule has 0 radical (unpaired) electrons. The number of anilines is 1. The standard InChI is InChI=1S/C11H17N5/c1-8(2)4-3-5-12-10-9-11(14-6-13-9)16-7-15-10/h6-8H,3-5H2,1-2H3,(H2,12,13,14,15,16). The van der Waals surface area contributed by atoms with Crippen LogP contribution in [0.4, 0.5) is 5.82 Å². The lowest BCUT2D eigenvalue weighted by molar-refractivity contribution is 0.567. The van der Waals surface area contributed by atoms with Crippen LogP contribution < -0.4 is 5.32 Å². The molecule has 2 heterocycles. The Morgan fingerprint density at radius 3 is 3.00 bits per heavy atom. The SMILES string of the molecule is CC(C)CCCNc1ncnc2nc[nH]c12. The van der Waals surface area contributed by atoms with Crippen LogP contribution >= 0.6 is 0 Å². The molecule has 5 nitrogen and oxygen atoms in total. The Kier molecular flexibility index (Phi) is 3.34. The normalized spacial score (nSPS) is 11.2. The van der Waals surface area contributed by atoms with E-state index in [0.717, 1.165) is 30.2 Å². The van der Waals surface area contributed by atoms with Gasteiger partial charge in [0.15, 0.2) is 11.5 Å². The van der Waals surface area contributed by atoms with Gasteiger partial charge in [-0.25, -0.2) is 15.0 Å². The fourth-order valence-corrected chi connectivity index (χ4v) is 1.62. The van der Waals surface area contributed by atoms with E-state index in [1.807, 2.05) is 0 Å². The van der Waals surface area contributed by atoms with Gasteiger partial charge in [0.1, 0.15) is 11.8 Å². The van der Waals surface area contributed by atoms with Crippen LogP contribution in [-0.2, 0) is 0 Å². The maximum Gasteiger partial charge on any atom is 0.182 e. The van der Waals surface area contributed by atoms with E-state index in [4.69, 9.17) is 0 Å². The fourth-order valence-electron chi connectivity index (χ4n) is 1.62. The van der Waals surface area contributed by atoms with Gasteiger partial charge in [-0.3, -0.25) is 0 Å². The van der Waals surface area contributed by atoms with Gasteiger partial charge in [-0.15, -0.1) is 0 Å². The molecule has 86 valence electrons. The third kappa shape index (κ3) is 2.48. The number of imidazole rings is 1. The summed E-state index contributed by atoms with van der Waals surface area (Å²) in [6.45, 7) is 5.40. The van der Waals surface area contributed by atoms with Gasteiger partial charge in [0.25, 0.3) is 0 Å². The van der Waals surface area contributed by atoms with Crippen LogP contribution in [-0.4, -0.2) is 26.5 Å². The first kappa shape index (κ1) is 10.9. The monoisotopic (exact) mass is 219 g/mol. The highest BCUT2D eigenvalue weighted by Gasteiger charge is 2.04. The molecule has 0 aliphatic rings. The maximum absolute atomic E-state index is 4.20. The zero-order valence-electron chi connectivity index (χ0n) is 9.70. The average molecular weight is 219 g/mol. The van der Waals surface area contributed by atoms with Crippen LogP contribution in [0, 0.1) is 5.92 Å². The minimum Gasteiger partial charge on any atom is -0.368 e. The predicted octanol–water partition coefficient (Wildman–Crippen LogP) is 2.20. The number of aromatic nitrogens is 4.